The molecule has 3 heteroatoms. The fraction of sp³-hybridized carbons (Fsp3) is 0.409. The van der Waals surface area contributed by atoms with E-state index < -0.39 is 5.97 Å². The molecule has 1 aliphatic rings. The first-order valence-corrected chi connectivity index (χ1v) is 9.57. The van der Waals surface area contributed by atoms with Crippen molar-refractivity contribution in [3.63, 3.8) is 0 Å². The molecule has 0 amide bonds. The van der Waals surface area contributed by atoms with Gasteiger partial charge in [-0.15, -0.1) is 11.3 Å². The Morgan fingerprint density at radius 3 is 2.28 bits per heavy atom. The number of thiophene rings is 1. The zero-order valence-corrected chi connectivity index (χ0v) is 16.4. The average molecular weight is 354 g/mol. The summed E-state index contributed by atoms with van der Waals surface area (Å²) in [5, 5.41) is 10.6. The van der Waals surface area contributed by atoms with Crippen LogP contribution in [0.2, 0.25) is 0 Å². The summed E-state index contributed by atoms with van der Waals surface area (Å²) in [6, 6.07) is 8.77. The van der Waals surface area contributed by atoms with E-state index in [4.69, 9.17) is 0 Å². The minimum atomic E-state index is -1.16. The van der Waals surface area contributed by atoms with Gasteiger partial charge in [0.05, 0.1) is 5.97 Å². The van der Waals surface area contributed by atoms with E-state index in [0.717, 1.165) is 11.0 Å². The molecule has 25 heavy (non-hydrogen) atoms. The smallest absolute Gasteiger partial charge is 0.0643 e. The summed E-state index contributed by atoms with van der Waals surface area (Å²) in [6.45, 7) is 11.5. The van der Waals surface area contributed by atoms with Crippen molar-refractivity contribution >= 4 is 23.4 Å². The second kappa shape index (κ2) is 6.14. The van der Waals surface area contributed by atoms with Crippen molar-refractivity contribution < 1.29 is 9.90 Å². The van der Waals surface area contributed by atoms with Crippen LogP contribution in [0.15, 0.2) is 30.3 Å². The predicted molar refractivity (Wildman–Crippen MR) is 104 cm³/mol. The highest BCUT2D eigenvalue weighted by atomic mass is 32.1. The molecule has 0 aliphatic heterocycles. The molecule has 0 saturated heterocycles. The Balaban J connectivity index is 2.09. The van der Waals surface area contributed by atoms with Crippen molar-refractivity contribution in [3.05, 3.63) is 51.9 Å². The Morgan fingerprint density at radius 2 is 1.68 bits per heavy atom. The predicted octanol–water partition coefficient (Wildman–Crippen LogP) is 4.84. The molecule has 2 nitrogen and oxygen atoms in total. The van der Waals surface area contributed by atoms with E-state index >= 15 is 0 Å². The third-order valence-corrected chi connectivity index (χ3v) is 6.56. The molecule has 1 aromatic carbocycles. The van der Waals surface area contributed by atoms with Crippen molar-refractivity contribution in [1.29, 1.82) is 0 Å². The highest BCUT2D eigenvalue weighted by molar-refractivity contribution is 7.16. The Morgan fingerprint density at radius 1 is 1.08 bits per heavy atom. The quantitative estimate of drug-likeness (QED) is 0.741. The van der Waals surface area contributed by atoms with E-state index in [1.807, 2.05) is 6.07 Å². The number of carbonyl (C=O) groups excluding carboxylic acids is 1. The maximum Gasteiger partial charge on any atom is 0.0643 e. The van der Waals surface area contributed by atoms with E-state index in [9.17, 15) is 9.90 Å². The summed E-state index contributed by atoms with van der Waals surface area (Å²) in [4.78, 5) is 12.7. The van der Waals surface area contributed by atoms with Crippen LogP contribution in [-0.4, -0.2) is 5.97 Å². The fourth-order valence-electron chi connectivity index (χ4n) is 3.72. The number of carbonyl (C=O) groups is 1. The molecule has 0 atom stereocenters. The van der Waals surface area contributed by atoms with Gasteiger partial charge in [-0.25, -0.2) is 0 Å². The number of carboxylic acid groups (broad SMARTS) is 1. The number of rotatable bonds is 3. The van der Waals surface area contributed by atoms with Gasteiger partial charge in [-0.05, 0) is 83.2 Å². The average Bonchev–Trinajstić information content (AvgIpc) is 2.98. The van der Waals surface area contributed by atoms with Crippen LogP contribution >= 0.6 is 11.3 Å². The lowest BCUT2D eigenvalue weighted by atomic mass is 9.62. The van der Waals surface area contributed by atoms with Crippen molar-refractivity contribution in [2.24, 2.45) is 0 Å². The zero-order chi connectivity index (χ0) is 18.4. The number of aryl methyl sites for hydroxylation is 1. The molecule has 1 aromatic heterocycles. The highest BCUT2D eigenvalue weighted by Gasteiger charge is 2.37. The molecule has 0 unspecified atom stereocenters. The summed E-state index contributed by atoms with van der Waals surface area (Å²) in [5.74, 6) is -1.16. The van der Waals surface area contributed by atoms with Crippen molar-refractivity contribution in [2.45, 2.75) is 58.3 Å². The van der Waals surface area contributed by atoms with Gasteiger partial charge in [0.15, 0.2) is 0 Å². The van der Waals surface area contributed by atoms with E-state index in [-0.39, 0.29) is 10.8 Å². The first-order chi connectivity index (χ1) is 11.6. The lowest BCUT2D eigenvalue weighted by Gasteiger charge is -2.42. The van der Waals surface area contributed by atoms with Crippen molar-refractivity contribution in [3.8, 4) is 10.4 Å². The van der Waals surface area contributed by atoms with Gasteiger partial charge in [0.25, 0.3) is 0 Å². The van der Waals surface area contributed by atoms with Crippen LogP contribution in [0.1, 0.15) is 62.1 Å². The second-order valence-corrected chi connectivity index (χ2v) is 9.45. The third kappa shape index (κ3) is 3.43. The highest BCUT2D eigenvalue weighted by Crippen LogP contribution is 2.48. The first-order valence-electron chi connectivity index (χ1n) is 8.75. The minimum absolute atomic E-state index is 0.183. The number of fused-ring (bicyclic) bond motifs is 1. The van der Waals surface area contributed by atoms with Gasteiger partial charge in [-0.2, -0.15) is 0 Å². The van der Waals surface area contributed by atoms with Crippen molar-refractivity contribution in [2.75, 3.05) is 0 Å². The molecular weight excluding hydrogens is 328 g/mol. The summed E-state index contributed by atoms with van der Waals surface area (Å²) >= 11 is 1.61. The Hall–Kier alpha value is -1.87. The molecule has 0 saturated carbocycles. The molecule has 0 radical (unpaired) electrons. The Bertz CT molecular complexity index is 853. The number of hydrogen-bond donors (Lipinski definition) is 0. The molecular formula is C22H25O2S-. The van der Waals surface area contributed by atoms with Crippen LogP contribution in [0.4, 0.5) is 0 Å². The molecule has 2 aromatic rings. The van der Waals surface area contributed by atoms with Gasteiger partial charge in [-0.1, -0.05) is 33.8 Å². The van der Waals surface area contributed by atoms with Crippen LogP contribution in [0, 0.1) is 6.92 Å². The third-order valence-electron chi connectivity index (χ3n) is 5.47. The maximum atomic E-state index is 10.6. The number of benzene rings is 1. The number of carboxylic acids is 1. The molecule has 1 aliphatic carbocycles. The van der Waals surface area contributed by atoms with Gasteiger partial charge in [0, 0.05) is 9.75 Å². The zero-order valence-electron chi connectivity index (χ0n) is 15.6. The fourth-order valence-corrected chi connectivity index (χ4v) is 4.72. The van der Waals surface area contributed by atoms with Crippen LogP contribution in [0.25, 0.3) is 16.5 Å². The van der Waals surface area contributed by atoms with Crippen LogP contribution in [0.3, 0.4) is 0 Å². The van der Waals surface area contributed by atoms with Gasteiger partial charge >= 0.3 is 0 Å². The van der Waals surface area contributed by atoms with Crippen LogP contribution in [-0.2, 0) is 15.6 Å². The van der Waals surface area contributed by atoms with Gasteiger partial charge in [0.1, 0.15) is 0 Å². The molecule has 0 spiro atoms. The van der Waals surface area contributed by atoms with E-state index in [2.05, 4.69) is 52.8 Å². The van der Waals surface area contributed by atoms with Crippen LogP contribution < -0.4 is 5.11 Å². The normalized spacial score (nSPS) is 18.3. The topological polar surface area (TPSA) is 40.1 Å². The lowest BCUT2D eigenvalue weighted by molar-refractivity contribution is -0.297. The molecule has 3 rings (SSSR count). The van der Waals surface area contributed by atoms with Gasteiger partial charge < -0.3 is 9.90 Å². The molecule has 1 heterocycles. The standard InChI is InChI=1S/C22H26O2S/c1-14-12-17-18(22(4,5)11-10-21(17,2)3)13-16(14)19-8-6-15(25-19)7-9-20(23)24/h6-9,12-13H,10-11H2,1-5H3,(H,23,24)/p-1/b9-7+. The molecule has 0 N–H and O–H groups in total. The Kier molecular flexibility index (Phi) is 4.40. The minimum Gasteiger partial charge on any atom is -0.545 e. The SMILES string of the molecule is Cc1cc2c(cc1-c1ccc(/C=C/C(=O)[O-])s1)C(C)(C)CCC2(C)C. The molecule has 0 fully saturated rings. The van der Waals surface area contributed by atoms with Gasteiger partial charge in [0.2, 0.25) is 0 Å². The summed E-state index contributed by atoms with van der Waals surface area (Å²) in [6.07, 6.45) is 5.09. The lowest BCUT2D eigenvalue weighted by Crippen LogP contribution is -2.34. The van der Waals surface area contributed by atoms with E-state index in [1.165, 1.54) is 40.0 Å². The van der Waals surface area contributed by atoms with E-state index in [0.29, 0.717) is 0 Å². The first kappa shape index (κ1) is 17.9. The second-order valence-electron chi connectivity index (χ2n) is 8.33. The summed E-state index contributed by atoms with van der Waals surface area (Å²) in [7, 11) is 0. The maximum absolute atomic E-state index is 10.6. The largest absolute Gasteiger partial charge is 0.545 e. The van der Waals surface area contributed by atoms with E-state index in [1.54, 1.807) is 17.4 Å². The van der Waals surface area contributed by atoms with Gasteiger partial charge in [-0.3, -0.25) is 0 Å². The van der Waals surface area contributed by atoms with Crippen LogP contribution in [0.5, 0.6) is 0 Å². The number of hydrogen-bond acceptors (Lipinski definition) is 3. The Labute approximate surface area is 154 Å². The summed E-state index contributed by atoms with van der Waals surface area (Å²) in [5.41, 5.74) is 5.85. The van der Waals surface area contributed by atoms with Crippen molar-refractivity contribution in [1.82, 2.24) is 0 Å². The summed E-state index contributed by atoms with van der Waals surface area (Å²) < 4.78 is 0. The number of aliphatic carboxylic acids is 1. The monoisotopic (exact) mass is 353 g/mol. The molecule has 0 bridgehead atoms. The molecule has 132 valence electrons.